The van der Waals surface area contributed by atoms with Crippen LogP contribution in [-0.4, -0.2) is 219 Å². The van der Waals surface area contributed by atoms with E-state index in [2.05, 4.69) is 53.0 Å². The molecule has 10 atom stereocenters. The Labute approximate surface area is 619 Å². The molecule has 0 aliphatic carbocycles. The van der Waals surface area contributed by atoms with Gasteiger partial charge in [-0.2, -0.15) is 23.5 Å². The highest BCUT2D eigenvalue weighted by atomic mass is 32.2. The maximum absolute atomic E-state index is 15.0. The number of thioether (sulfide) groups is 2. The van der Waals surface area contributed by atoms with Gasteiger partial charge in [0.1, 0.15) is 84.7 Å². The highest BCUT2D eigenvalue weighted by Gasteiger charge is 2.43. The van der Waals surface area contributed by atoms with Crippen molar-refractivity contribution in [3.05, 3.63) is 59.2 Å². The summed E-state index contributed by atoms with van der Waals surface area (Å²) in [5, 5.41) is 64.8. The fourth-order valence-corrected chi connectivity index (χ4v) is 13.6. The molecule has 0 radical (unpaired) electrons. The number of hydrogen-bond acceptors (Lipinski definition) is 20. The van der Waals surface area contributed by atoms with E-state index in [0.717, 1.165) is 30.2 Å². The summed E-state index contributed by atoms with van der Waals surface area (Å²) in [6.07, 6.45) is 5.04. The lowest BCUT2D eigenvalue weighted by molar-refractivity contribution is -0.144. The molecule has 0 spiro atoms. The molecular weight excluding hydrogens is 1400 g/mol. The predicted molar refractivity (Wildman–Crippen MR) is 392 cm³/mol. The highest BCUT2D eigenvalue weighted by molar-refractivity contribution is 7.98. The van der Waals surface area contributed by atoms with Crippen LogP contribution >= 0.6 is 23.5 Å². The zero-order valence-electron chi connectivity index (χ0n) is 60.6. The van der Waals surface area contributed by atoms with Crippen LogP contribution in [0.5, 0.6) is 11.5 Å². The van der Waals surface area contributed by atoms with E-state index in [1.165, 1.54) is 52.8 Å². The number of ether oxygens (including phenoxy) is 1. The van der Waals surface area contributed by atoms with E-state index in [4.69, 9.17) is 26.5 Å². The number of rotatable bonds is 18. The molecule has 0 aromatic heterocycles. The number of phenolic OH excluding ortho intramolecular Hbond substituents is 1. The molecule has 105 heavy (non-hydrogen) atoms. The number of carboxylic acid groups (broad SMARTS) is 2. The first kappa shape index (κ1) is 86.2. The molecule has 11 amide bonds. The molecule has 2 saturated heterocycles. The first-order valence-corrected chi connectivity index (χ1v) is 38.0. The minimum absolute atomic E-state index is 0.00127. The Balaban J connectivity index is 1.47. The molecule has 35 heteroatoms. The van der Waals surface area contributed by atoms with Crippen molar-refractivity contribution in [2.24, 2.45) is 22.0 Å². The lowest BCUT2D eigenvalue weighted by Gasteiger charge is -2.33. The normalized spacial score (nSPS) is 24.6. The molecule has 3 aliphatic rings. The van der Waals surface area contributed by atoms with Gasteiger partial charge in [0.2, 0.25) is 59.1 Å². The van der Waals surface area contributed by atoms with E-state index >= 15 is 0 Å². The number of benzene rings is 2. The largest absolute Gasteiger partial charge is 0.508 e. The van der Waals surface area contributed by atoms with Gasteiger partial charge in [-0.1, -0.05) is 63.9 Å². The van der Waals surface area contributed by atoms with E-state index in [1.54, 1.807) is 32.5 Å². The number of amides is 11. The molecule has 0 saturated carbocycles. The van der Waals surface area contributed by atoms with Gasteiger partial charge in [0.05, 0.1) is 13.0 Å². The minimum Gasteiger partial charge on any atom is -0.508 e. The number of nitrogens with two attached hydrogens (primary N) is 2. The Morgan fingerprint density at radius 2 is 1.23 bits per heavy atom. The molecular formula is C70H105N15O18S2. The number of hydrogen-bond donors (Lipinski definition) is 15. The van der Waals surface area contributed by atoms with Crippen molar-refractivity contribution in [2.75, 3.05) is 44.9 Å². The summed E-state index contributed by atoms with van der Waals surface area (Å²) in [6, 6.07) is -2.65. The number of guanidine groups is 1. The van der Waals surface area contributed by atoms with Crippen molar-refractivity contribution < 1.29 is 87.2 Å². The number of oxime groups is 1. The van der Waals surface area contributed by atoms with Crippen LogP contribution in [0.3, 0.4) is 0 Å². The van der Waals surface area contributed by atoms with Gasteiger partial charge in [-0.25, -0.2) is 0 Å². The smallest absolute Gasteiger partial charge is 0.305 e. The molecule has 33 nitrogen and oxygen atoms in total. The van der Waals surface area contributed by atoms with Crippen LogP contribution in [0, 0.1) is 10.8 Å². The third-order valence-electron chi connectivity index (χ3n) is 17.4. The van der Waals surface area contributed by atoms with Crippen LogP contribution in [-0.2, 0) is 85.1 Å². The van der Waals surface area contributed by atoms with E-state index in [9.17, 15) is 77.6 Å². The molecule has 0 unspecified atom stereocenters. The third kappa shape index (κ3) is 30.3. The topological polar surface area (TPSA) is 504 Å². The van der Waals surface area contributed by atoms with Crippen molar-refractivity contribution >= 4 is 113 Å². The summed E-state index contributed by atoms with van der Waals surface area (Å²) in [5.41, 5.74) is 12.8. The molecule has 3 aliphatic heterocycles. The monoisotopic (exact) mass is 1510 g/mol. The second-order valence-corrected chi connectivity index (χ2v) is 29.4. The van der Waals surface area contributed by atoms with Gasteiger partial charge in [0.25, 0.3) is 5.91 Å². The van der Waals surface area contributed by atoms with E-state index in [0.29, 0.717) is 61.5 Å². The summed E-state index contributed by atoms with van der Waals surface area (Å²) in [5.74, 6) is -11.2. The minimum atomic E-state index is -1.85. The molecule has 2 aromatic carbocycles. The van der Waals surface area contributed by atoms with Crippen molar-refractivity contribution in [1.82, 2.24) is 57.7 Å². The number of nitrogens with zero attached hydrogens (tertiary/aromatic N) is 3. The van der Waals surface area contributed by atoms with E-state index in [-0.39, 0.29) is 95.1 Å². The number of aromatic hydroxyl groups is 1. The quantitative estimate of drug-likeness (QED) is 0.0568. The fourth-order valence-electron chi connectivity index (χ4n) is 12.1. The van der Waals surface area contributed by atoms with Crippen LogP contribution in [0.2, 0.25) is 0 Å². The maximum Gasteiger partial charge on any atom is 0.305 e. The van der Waals surface area contributed by atoms with Gasteiger partial charge >= 0.3 is 11.9 Å². The Bertz CT molecular complexity index is 3380. The van der Waals surface area contributed by atoms with E-state index < -0.39 is 162 Å². The van der Waals surface area contributed by atoms with Crippen molar-refractivity contribution in [2.45, 2.75) is 222 Å². The highest BCUT2D eigenvalue weighted by Crippen LogP contribution is 2.28. The van der Waals surface area contributed by atoms with Crippen LogP contribution in [0.15, 0.2) is 47.6 Å². The first-order valence-electron chi connectivity index (χ1n) is 35.5. The van der Waals surface area contributed by atoms with Crippen LogP contribution < -0.4 is 64.1 Å². The average Bonchev–Trinajstić information content (AvgIpc) is 1.74. The van der Waals surface area contributed by atoms with Gasteiger partial charge in [0, 0.05) is 49.7 Å². The molecule has 17 N–H and O–H groups in total. The fraction of sp³-hybridized carbons (Fsp3) is 0.614. The van der Waals surface area contributed by atoms with Crippen LogP contribution in [0.25, 0.3) is 0 Å². The van der Waals surface area contributed by atoms with Crippen LogP contribution in [0.4, 0.5) is 0 Å². The molecule has 580 valence electrons. The first-order chi connectivity index (χ1) is 49.9. The van der Waals surface area contributed by atoms with Crippen molar-refractivity contribution in [3.63, 3.8) is 0 Å². The Morgan fingerprint density at radius 3 is 1.85 bits per heavy atom. The van der Waals surface area contributed by atoms with Gasteiger partial charge in [-0.05, 0) is 143 Å². The summed E-state index contributed by atoms with van der Waals surface area (Å²) >= 11 is 2.86. The maximum atomic E-state index is 15.0. The second-order valence-electron chi connectivity index (χ2n) is 27.5. The number of fused-ring (bicyclic) bond motifs is 4. The van der Waals surface area contributed by atoms with Crippen molar-refractivity contribution in [3.8, 4) is 11.5 Å². The number of aliphatic carboxylic acids is 2. The van der Waals surface area contributed by atoms with Gasteiger partial charge < -0.3 is 94.0 Å². The number of carbonyl (C=O) groups is 13. The summed E-state index contributed by atoms with van der Waals surface area (Å²) in [4.78, 5) is 188. The molecule has 5 rings (SSSR count). The van der Waals surface area contributed by atoms with Gasteiger partial charge in [0.15, 0.2) is 5.96 Å². The standard InChI is InChI=1S/C70H105N15O18S2/c1-7-8-16-48-61(94)80-51(35-58(90)91)64(97)82-52(36-70(3,4)5)68(101)85-28-15-19-55(85)66(99)81-50(34-42-20-22-45(86)23-21-42)63(96)78-49(24-25-57(88)89)62(95)83-53(59(71)92)40-105-39-44-31-43(38-104-6)32-46(33-44)102-29-11-9-10-12-30-103-75-37-56(87)77-47(17-13-26-74-69(72)73)60(93)76-41(2)67(100)84-27-14-18-54(84)65(98)79-48/h20-23,31-33,37,41,47-55,86H,7-19,24-30,34-36,38-40H2,1-6H3,(H2,71,92)(H,76,93)(H,77,87)(H,78,96)(H,79,98)(H,80,94)(H,81,99)(H,82,97)(H,83,95)(H,88,89)(H,90,91)(H4,72,73,74)/b75-37+/t41-,47-,48-,49-,50-,51-,52-,53-,54-,55-/m0/s1. The Kier molecular flexibility index (Phi) is 35.9. The van der Waals surface area contributed by atoms with Gasteiger partial charge in [-0.15, -0.1) is 0 Å². The Hall–Kier alpha value is -9.41. The lowest BCUT2D eigenvalue weighted by atomic mass is 9.87. The third-order valence-corrected chi connectivity index (χ3v) is 19.2. The number of nitrogens with one attached hydrogen (secondary N) is 10. The lowest BCUT2D eigenvalue weighted by Crippen LogP contribution is -2.61. The molecule has 2 aromatic rings. The second kappa shape index (κ2) is 43.8. The number of unbranched alkanes of at least 4 members (excludes halogenated alkanes) is 1. The molecule has 3 heterocycles. The average molecular weight is 1510 g/mol. The number of primary amides is 1. The van der Waals surface area contributed by atoms with E-state index in [1.807, 2.05) is 31.4 Å². The van der Waals surface area contributed by atoms with Crippen LogP contribution in [0.1, 0.15) is 160 Å². The SMILES string of the molecule is CCCC[C@@H]1NC(=O)[C@@H]2CCCN2C(=O)[C@H](C)NC(=O)[C@H](CCCNC(=N)N)NC(=O)/C=N/OCCCCCCOc2cc(CSC)cc(c2)CSC[C@@H](C(N)=O)NC(=O)[C@H](CCC(=O)O)NC(=O)[C@H](Cc2ccc(O)cc2)NC(=O)[C@@H]2CCCN2C(=O)[C@H](CC(C)(C)C)NC(=O)[C@H](CC(=O)O)NC1=O. The molecule has 2 bridgehead atoms. The Morgan fingerprint density at radius 1 is 0.667 bits per heavy atom. The predicted octanol–water partition coefficient (Wildman–Crippen LogP) is 1.28. The summed E-state index contributed by atoms with van der Waals surface area (Å²) in [7, 11) is 0. The number of carboxylic acids is 2. The summed E-state index contributed by atoms with van der Waals surface area (Å²) in [6.45, 7) is 9.26. The summed E-state index contributed by atoms with van der Waals surface area (Å²) < 4.78 is 6.18. The molecule has 2 fully saturated rings. The van der Waals surface area contributed by atoms with Crippen molar-refractivity contribution in [1.29, 1.82) is 5.41 Å². The zero-order valence-corrected chi connectivity index (χ0v) is 62.2. The van der Waals surface area contributed by atoms with Gasteiger partial charge in [-0.3, -0.25) is 67.7 Å². The number of phenols is 1. The number of carbonyl (C=O) groups excluding carboxylic acids is 11. The zero-order chi connectivity index (χ0) is 77.3.